The molecule has 2 N–H and O–H groups in total. The number of ether oxygens (including phenoxy) is 8. The molecular formula is C25H54N2O10. The van der Waals surface area contributed by atoms with Crippen LogP contribution in [0.5, 0.6) is 0 Å². The highest BCUT2D eigenvalue weighted by atomic mass is 16.8. The van der Waals surface area contributed by atoms with Gasteiger partial charge in [-0.05, 0) is 62.1 Å². The maximum Gasteiger partial charge on any atom is 0.307 e. The van der Waals surface area contributed by atoms with Gasteiger partial charge in [0.05, 0.1) is 26.4 Å². The van der Waals surface area contributed by atoms with Gasteiger partial charge in [-0.15, -0.1) is 0 Å². The second kappa shape index (κ2) is 19.6. The van der Waals surface area contributed by atoms with Gasteiger partial charge in [-0.3, -0.25) is 4.90 Å². The molecule has 0 aromatic carbocycles. The van der Waals surface area contributed by atoms with Crippen LogP contribution in [0.4, 0.5) is 0 Å². The molecule has 2 atom stereocenters. The summed E-state index contributed by atoms with van der Waals surface area (Å²) in [5.74, 6) is -5.31. The van der Waals surface area contributed by atoms with E-state index in [0.29, 0.717) is 6.42 Å². The molecule has 0 aliphatic rings. The fourth-order valence-electron chi connectivity index (χ4n) is 4.24. The van der Waals surface area contributed by atoms with Gasteiger partial charge < -0.3 is 48.1 Å². The number of nitrogens with zero attached hydrogens (tertiary/aromatic N) is 2. The molecule has 0 saturated carbocycles. The molecular weight excluding hydrogens is 488 g/mol. The van der Waals surface area contributed by atoms with Crippen molar-refractivity contribution in [1.82, 2.24) is 9.80 Å². The summed E-state index contributed by atoms with van der Waals surface area (Å²) in [6.45, 7) is 13.9. The van der Waals surface area contributed by atoms with Crippen molar-refractivity contribution in [3.05, 3.63) is 0 Å². The van der Waals surface area contributed by atoms with Crippen LogP contribution >= 0.6 is 0 Å². The van der Waals surface area contributed by atoms with Crippen LogP contribution in [0, 0.1) is 0 Å². The third-order valence-corrected chi connectivity index (χ3v) is 5.26. The summed E-state index contributed by atoms with van der Waals surface area (Å²) in [6, 6.07) is 0. The number of likely N-dealkylation sites (N-methyl/N-ethyl adjacent to an activating group) is 1. The van der Waals surface area contributed by atoms with E-state index in [9.17, 15) is 10.2 Å². The van der Waals surface area contributed by atoms with E-state index in [1.807, 2.05) is 48.5 Å². The minimum Gasteiger partial charge on any atom is -0.394 e. The largest absolute Gasteiger partial charge is 0.394 e. The van der Waals surface area contributed by atoms with Crippen LogP contribution in [0.25, 0.3) is 0 Å². The van der Waals surface area contributed by atoms with Gasteiger partial charge >= 0.3 is 11.8 Å². The van der Waals surface area contributed by atoms with Crippen LogP contribution in [-0.4, -0.2) is 131 Å². The normalized spacial score (nSPS) is 16.1. The van der Waals surface area contributed by atoms with Crippen LogP contribution < -0.4 is 0 Å². The minimum atomic E-state index is -1.87. The van der Waals surface area contributed by atoms with Gasteiger partial charge in [0.2, 0.25) is 6.29 Å². The Balaban J connectivity index is 7.78. The quantitative estimate of drug-likeness (QED) is 0.164. The summed E-state index contributed by atoms with van der Waals surface area (Å²) < 4.78 is 50.4. The molecule has 0 radical (unpaired) electrons. The molecule has 0 heterocycles. The second-order valence-electron chi connectivity index (χ2n) is 7.96. The zero-order valence-electron chi connectivity index (χ0n) is 24.6. The lowest BCUT2D eigenvalue weighted by atomic mass is 10.1. The lowest BCUT2D eigenvalue weighted by Gasteiger charge is -2.59. The molecule has 2 unspecified atom stereocenters. The maximum atomic E-state index is 9.86. The summed E-state index contributed by atoms with van der Waals surface area (Å²) in [4.78, 5) is 3.41. The monoisotopic (exact) mass is 542 g/mol. The number of aliphatic hydroxyl groups is 2. The van der Waals surface area contributed by atoms with Crippen molar-refractivity contribution in [2.75, 3.05) is 86.7 Å². The first-order chi connectivity index (χ1) is 17.8. The average molecular weight is 543 g/mol. The SMILES string of the molecule is CCCN(C(OCC)(OCCO)C(OCC)OCC)C(OCC)(OCCO)C(OCC)(OCC)N(C)C. The molecule has 0 fully saturated rings. The molecule has 0 aliphatic carbocycles. The first-order valence-corrected chi connectivity index (χ1v) is 13.5. The molecule has 12 nitrogen and oxygen atoms in total. The Bertz CT molecular complexity index is 548. The summed E-state index contributed by atoms with van der Waals surface area (Å²) in [5.41, 5.74) is 0. The number of hydrogen-bond acceptors (Lipinski definition) is 12. The summed E-state index contributed by atoms with van der Waals surface area (Å²) >= 11 is 0. The Hall–Kier alpha value is -0.480. The molecule has 12 heteroatoms. The van der Waals surface area contributed by atoms with E-state index >= 15 is 0 Å². The van der Waals surface area contributed by atoms with Crippen molar-refractivity contribution in [1.29, 1.82) is 0 Å². The van der Waals surface area contributed by atoms with Crippen molar-refractivity contribution in [3.63, 3.8) is 0 Å². The Morgan fingerprint density at radius 1 is 0.595 bits per heavy atom. The van der Waals surface area contributed by atoms with Gasteiger partial charge in [-0.25, -0.2) is 0 Å². The fourth-order valence-corrected chi connectivity index (χ4v) is 4.24. The minimum absolute atomic E-state index is 0.0999. The summed E-state index contributed by atoms with van der Waals surface area (Å²) in [7, 11) is 3.57. The molecule has 224 valence electrons. The van der Waals surface area contributed by atoms with E-state index in [2.05, 4.69) is 0 Å². The van der Waals surface area contributed by atoms with Crippen LogP contribution in [0.3, 0.4) is 0 Å². The van der Waals surface area contributed by atoms with Gasteiger partial charge in [0.25, 0.3) is 5.91 Å². The predicted molar refractivity (Wildman–Crippen MR) is 138 cm³/mol. The molecule has 0 saturated heterocycles. The average Bonchev–Trinajstić information content (AvgIpc) is 2.87. The van der Waals surface area contributed by atoms with Gasteiger partial charge in [0.1, 0.15) is 0 Å². The van der Waals surface area contributed by atoms with E-state index in [1.54, 1.807) is 23.9 Å². The predicted octanol–water partition coefficient (Wildman–Crippen LogP) is 1.78. The Morgan fingerprint density at radius 2 is 1.05 bits per heavy atom. The van der Waals surface area contributed by atoms with Gasteiger partial charge in [0.15, 0.2) is 0 Å². The topological polar surface area (TPSA) is 121 Å². The zero-order valence-corrected chi connectivity index (χ0v) is 24.6. The van der Waals surface area contributed by atoms with Crippen molar-refractivity contribution < 1.29 is 48.1 Å². The molecule has 0 aromatic rings. The third kappa shape index (κ3) is 8.75. The smallest absolute Gasteiger partial charge is 0.307 e. The second-order valence-corrected chi connectivity index (χ2v) is 7.96. The fraction of sp³-hybridized carbons (Fsp3) is 1.00. The van der Waals surface area contributed by atoms with E-state index < -0.39 is 24.0 Å². The van der Waals surface area contributed by atoms with Crippen molar-refractivity contribution in [2.24, 2.45) is 0 Å². The Morgan fingerprint density at radius 3 is 1.43 bits per heavy atom. The van der Waals surface area contributed by atoms with E-state index in [-0.39, 0.29) is 72.6 Å². The molecule has 0 bridgehead atoms. The van der Waals surface area contributed by atoms with Crippen LogP contribution in [0.15, 0.2) is 0 Å². The van der Waals surface area contributed by atoms with E-state index in [4.69, 9.17) is 37.9 Å². The lowest BCUT2D eigenvalue weighted by Crippen LogP contribution is -2.81. The third-order valence-electron chi connectivity index (χ3n) is 5.26. The zero-order chi connectivity index (χ0) is 28.4. The van der Waals surface area contributed by atoms with Crippen LogP contribution in [0.1, 0.15) is 54.9 Å². The van der Waals surface area contributed by atoms with Crippen LogP contribution in [0.2, 0.25) is 0 Å². The number of hydrogen-bond donors (Lipinski definition) is 2. The standard InChI is InChI=1S/C25H54N2O10/c1-10-17-27(23(32-13-4,36-20-18-28)22(30-11-2)31-12-3)25(35-16-7,37-21-19-29)24(26(8)9,33-14-5)34-15-6/h22,28-29H,10-21H2,1-9H3. The lowest BCUT2D eigenvalue weighted by molar-refractivity contribution is -0.541. The first-order valence-electron chi connectivity index (χ1n) is 13.5. The number of aliphatic hydroxyl groups excluding tert-OH is 2. The molecule has 37 heavy (non-hydrogen) atoms. The van der Waals surface area contributed by atoms with Crippen molar-refractivity contribution >= 4 is 0 Å². The van der Waals surface area contributed by atoms with Crippen LogP contribution in [-0.2, 0) is 37.9 Å². The molecule has 0 aliphatic heterocycles. The molecule has 0 rings (SSSR count). The maximum absolute atomic E-state index is 9.86. The molecule has 0 amide bonds. The van der Waals surface area contributed by atoms with Gasteiger partial charge in [0, 0.05) is 46.2 Å². The summed E-state index contributed by atoms with van der Waals surface area (Å²) in [5, 5.41) is 19.6. The van der Waals surface area contributed by atoms with Crippen molar-refractivity contribution in [2.45, 2.75) is 78.9 Å². The van der Waals surface area contributed by atoms with E-state index in [0.717, 1.165) is 0 Å². The van der Waals surface area contributed by atoms with Gasteiger partial charge in [-0.1, -0.05) is 6.92 Å². The van der Waals surface area contributed by atoms with Crippen molar-refractivity contribution in [3.8, 4) is 0 Å². The highest BCUT2D eigenvalue weighted by molar-refractivity contribution is 4.94. The molecule has 0 spiro atoms. The Kier molecular flexibility index (Phi) is 19.3. The first kappa shape index (κ1) is 36.5. The van der Waals surface area contributed by atoms with Gasteiger partial charge in [-0.2, -0.15) is 4.90 Å². The van der Waals surface area contributed by atoms with E-state index in [1.165, 1.54) is 0 Å². The highest BCUT2D eigenvalue weighted by Gasteiger charge is 2.69. The number of rotatable bonds is 25. The Labute approximate surface area is 224 Å². The highest BCUT2D eigenvalue weighted by Crippen LogP contribution is 2.44. The summed E-state index contributed by atoms with van der Waals surface area (Å²) in [6.07, 6.45) is -0.484. The molecule has 0 aromatic heterocycles.